The molecular formula is C24H31N5O4. The van der Waals surface area contributed by atoms with Crippen LogP contribution in [0.25, 0.3) is 0 Å². The highest BCUT2D eigenvalue weighted by Crippen LogP contribution is 2.18. The third-order valence-corrected chi connectivity index (χ3v) is 6.15. The Labute approximate surface area is 193 Å². The predicted octanol–water partition coefficient (Wildman–Crippen LogP) is 1.64. The SMILES string of the molecule is CCN(CCC(=O)N1CCOCC1)C(=O)c1cc2n(n1)CCCN(Cc1ccccc1)C2=O. The van der Waals surface area contributed by atoms with E-state index in [1.165, 1.54) is 0 Å². The minimum absolute atomic E-state index is 0.0249. The maximum atomic E-state index is 13.2. The number of rotatable bonds is 7. The van der Waals surface area contributed by atoms with Gasteiger partial charge in [-0.15, -0.1) is 0 Å². The first-order chi connectivity index (χ1) is 16.1. The van der Waals surface area contributed by atoms with Gasteiger partial charge in [-0.2, -0.15) is 5.10 Å². The number of hydrogen-bond donors (Lipinski definition) is 0. The highest BCUT2D eigenvalue weighted by Gasteiger charge is 2.28. The van der Waals surface area contributed by atoms with Crippen LogP contribution in [-0.2, 0) is 22.6 Å². The third-order valence-electron chi connectivity index (χ3n) is 6.15. The Morgan fingerprint density at radius 2 is 1.85 bits per heavy atom. The van der Waals surface area contributed by atoms with Gasteiger partial charge >= 0.3 is 0 Å². The van der Waals surface area contributed by atoms with Gasteiger partial charge in [-0.25, -0.2) is 0 Å². The Balaban J connectivity index is 1.42. The number of carbonyl (C=O) groups excluding carboxylic acids is 3. The number of hydrogen-bond acceptors (Lipinski definition) is 5. The lowest BCUT2D eigenvalue weighted by Crippen LogP contribution is -2.42. The molecule has 1 aromatic heterocycles. The molecule has 0 saturated carbocycles. The van der Waals surface area contributed by atoms with Gasteiger partial charge in [0.2, 0.25) is 5.91 Å². The number of carbonyl (C=O) groups is 3. The van der Waals surface area contributed by atoms with Crippen LogP contribution in [0.4, 0.5) is 0 Å². The fraction of sp³-hybridized carbons (Fsp3) is 0.500. The summed E-state index contributed by atoms with van der Waals surface area (Å²) in [7, 11) is 0. The van der Waals surface area contributed by atoms with Crippen LogP contribution in [0, 0.1) is 0 Å². The van der Waals surface area contributed by atoms with Crippen molar-refractivity contribution < 1.29 is 19.1 Å². The summed E-state index contributed by atoms with van der Waals surface area (Å²) in [5.74, 6) is -0.347. The molecule has 2 aliphatic heterocycles. The van der Waals surface area contributed by atoms with Crippen LogP contribution in [0.3, 0.4) is 0 Å². The van der Waals surface area contributed by atoms with Crippen LogP contribution in [0.5, 0.6) is 0 Å². The quantitative estimate of drug-likeness (QED) is 0.636. The number of nitrogens with zero attached hydrogens (tertiary/aromatic N) is 5. The molecule has 176 valence electrons. The van der Waals surface area contributed by atoms with Gasteiger partial charge in [0, 0.05) is 58.3 Å². The van der Waals surface area contributed by atoms with E-state index in [4.69, 9.17) is 4.74 Å². The molecule has 0 unspecified atom stereocenters. The van der Waals surface area contributed by atoms with Crippen molar-refractivity contribution in [3.05, 3.63) is 53.3 Å². The number of benzene rings is 1. The molecule has 3 heterocycles. The third kappa shape index (κ3) is 5.42. The molecule has 2 aromatic rings. The van der Waals surface area contributed by atoms with E-state index in [1.807, 2.05) is 42.2 Å². The van der Waals surface area contributed by atoms with Crippen molar-refractivity contribution >= 4 is 17.7 Å². The van der Waals surface area contributed by atoms with Crippen molar-refractivity contribution in [3.8, 4) is 0 Å². The normalized spacial score (nSPS) is 16.3. The van der Waals surface area contributed by atoms with Crippen molar-refractivity contribution in [1.82, 2.24) is 24.5 Å². The number of aromatic nitrogens is 2. The summed E-state index contributed by atoms with van der Waals surface area (Å²) in [5.41, 5.74) is 1.75. The van der Waals surface area contributed by atoms with Crippen LogP contribution < -0.4 is 0 Å². The van der Waals surface area contributed by atoms with Crippen LogP contribution in [-0.4, -0.2) is 88.1 Å². The van der Waals surface area contributed by atoms with E-state index in [-0.39, 0.29) is 29.8 Å². The van der Waals surface area contributed by atoms with Crippen molar-refractivity contribution in [2.24, 2.45) is 0 Å². The molecule has 9 nitrogen and oxygen atoms in total. The molecule has 4 rings (SSSR count). The zero-order chi connectivity index (χ0) is 23.2. The van der Waals surface area contributed by atoms with Gasteiger partial charge in [0.05, 0.1) is 13.2 Å². The van der Waals surface area contributed by atoms with Gasteiger partial charge in [0.15, 0.2) is 5.69 Å². The van der Waals surface area contributed by atoms with Crippen LogP contribution in [0.15, 0.2) is 36.4 Å². The second-order valence-corrected chi connectivity index (χ2v) is 8.33. The van der Waals surface area contributed by atoms with E-state index in [1.54, 1.807) is 20.5 Å². The Kier molecular flexibility index (Phi) is 7.39. The molecule has 33 heavy (non-hydrogen) atoms. The van der Waals surface area contributed by atoms with Crippen molar-refractivity contribution in [1.29, 1.82) is 0 Å². The fourth-order valence-corrected chi connectivity index (χ4v) is 4.26. The molecule has 0 bridgehead atoms. The highest BCUT2D eigenvalue weighted by atomic mass is 16.5. The summed E-state index contributed by atoms with van der Waals surface area (Å²) in [5, 5.41) is 4.45. The number of morpholine rings is 1. The summed E-state index contributed by atoms with van der Waals surface area (Å²) in [6.07, 6.45) is 1.03. The summed E-state index contributed by atoms with van der Waals surface area (Å²) < 4.78 is 6.94. The van der Waals surface area contributed by atoms with E-state index in [0.717, 1.165) is 12.0 Å². The lowest BCUT2D eigenvalue weighted by molar-refractivity contribution is -0.135. The second kappa shape index (κ2) is 10.6. The average Bonchev–Trinajstić information content (AvgIpc) is 3.22. The first-order valence-corrected chi connectivity index (χ1v) is 11.6. The van der Waals surface area contributed by atoms with E-state index in [0.29, 0.717) is 64.7 Å². The summed E-state index contributed by atoms with van der Waals surface area (Å²) >= 11 is 0. The molecule has 0 atom stereocenters. The van der Waals surface area contributed by atoms with Crippen LogP contribution in [0.1, 0.15) is 46.3 Å². The Bertz CT molecular complexity index is 984. The lowest BCUT2D eigenvalue weighted by Gasteiger charge is -2.28. The van der Waals surface area contributed by atoms with Crippen LogP contribution in [0.2, 0.25) is 0 Å². The predicted molar refractivity (Wildman–Crippen MR) is 122 cm³/mol. The lowest BCUT2D eigenvalue weighted by atomic mass is 10.2. The smallest absolute Gasteiger partial charge is 0.274 e. The highest BCUT2D eigenvalue weighted by molar-refractivity contribution is 5.98. The first-order valence-electron chi connectivity index (χ1n) is 11.6. The van der Waals surface area contributed by atoms with Gasteiger partial charge in [0.1, 0.15) is 5.69 Å². The second-order valence-electron chi connectivity index (χ2n) is 8.33. The molecular weight excluding hydrogens is 422 g/mol. The van der Waals surface area contributed by atoms with E-state index in [9.17, 15) is 14.4 Å². The van der Waals surface area contributed by atoms with Gasteiger partial charge in [-0.1, -0.05) is 30.3 Å². The molecule has 0 spiro atoms. The van der Waals surface area contributed by atoms with Crippen LogP contribution >= 0.6 is 0 Å². The number of aryl methyl sites for hydroxylation is 1. The molecule has 2 aliphatic rings. The zero-order valence-corrected chi connectivity index (χ0v) is 19.1. The standard InChI is InChI=1S/C24H31N5O4/c1-2-26(12-9-22(30)27-13-15-33-16-14-27)23(31)20-17-21-24(32)28(10-6-11-29(21)25-20)18-19-7-4-3-5-8-19/h3-5,7-8,17H,2,6,9-16,18H2,1H3. The van der Waals surface area contributed by atoms with E-state index in [2.05, 4.69) is 5.10 Å². The summed E-state index contributed by atoms with van der Waals surface area (Å²) in [6.45, 7) is 6.71. The maximum absolute atomic E-state index is 13.2. The molecule has 0 N–H and O–H groups in total. The number of amides is 3. The molecule has 0 radical (unpaired) electrons. The summed E-state index contributed by atoms with van der Waals surface area (Å²) in [6, 6.07) is 11.5. The van der Waals surface area contributed by atoms with Crippen molar-refractivity contribution in [2.45, 2.75) is 32.9 Å². The molecule has 1 fully saturated rings. The maximum Gasteiger partial charge on any atom is 0.274 e. The number of ether oxygens (including phenoxy) is 1. The molecule has 1 aromatic carbocycles. The zero-order valence-electron chi connectivity index (χ0n) is 19.1. The Morgan fingerprint density at radius 3 is 2.58 bits per heavy atom. The van der Waals surface area contributed by atoms with Gasteiger partial charge in [0.25, 0.3) is 11.8 Å². The summed E-state index contributed by atoms with van der Waals surface area (Å²) in [4.78, 5) is 44.0. The van der Waals surface area contributed by atoms with Gasteiger partial charge < -0.3 is 19.4 Å². The topological polar surface area (TPSA) is 88.0 Å². The van der Waals surface area contributed by atoms with Crippen molar-refractivity contribution in [2.75, 3.05) is 45.9 Å². The van der Waals surface area contributed by atoms with Crippen molar-refractivity contribution in [3.63, 3.8) is 0 Å². The largest absolute Gasteiger partial charge is 0.378 e. The Hall–Kier alpha value is -3.20. The van der Waals surface area contributed by atoms with Gasteiger partial charge in [-0.3, -0.25) is 19.1 Å². The van der Waals surface area contributed by atoms with E-state index >= 15 is 0 Å². The van der Waals surface area contributed by atoms with Gasteiger partial charge in [-0.05, 0) is 18.9 Å². The minimum atomic E-state index is -0.254. The first kappa shape index (κ1) is 23.0. The minimum Gasteiger partial charge on any atom is -0.378 e. The fourth-order valence-electron chi connectivity index (χ4n) is 4.26. The molecule has 0 aliphatic carbocycles. The Morgan fingerprint density at radius 1 is 1.09 bits per heavy atom. The number of fused-ring (bicyclic) bond motifs is 1. The molecule has 3 amide bonds. The monoisotopic (exact) mass is 453 g/mol. The average molecular weight is 454 g/mol. The molecule has 1 saturated heterocycles. The van der Waals surface area contributed by atoms with E-state index < -0.39 is 0 Å². The molecule has 9 heteroatoms.